The molecule has 48 heavy (non-hydrogen) atoms. The highest BCUT2D eigenvalue weighted by atomic mass is 19.4. The van der Waals surface area contributed by atoms with Crippen LogP contribution < -0.4 is 11.1 Å². The van der Waals surface area contributed by atoms with Crippen molar-refractivity contribution in [2.45, 2.75) is 25.6 Å². The van der Waals surface area contributed by atoms with Crippen LogP contribution in [0.1, 0.15) is 44.8 Å². The molecule has 3 aromatic heterocycles. The third kappa shape index (κ3) is 5.43. The first-order valence-corrected chi connectivity index (χ1v) is 14.6. The summed E-state index contributed by atoms with van der Waals surface area (Å²) in [7, 11) is 4.55. The molecule has 0 aliphatic carbocycles. The molecule has 6 rings (SSSR count). The third-order valence-electron chi connectivity index (χ3n) is 8.33. The summed E-state index contributed by atoms with van der Waals surface area (Å²) in [4.78, 5) is 31.8. The molecular formula is C33H29F5N6O4. The Kier molecular flexibility index (Phi) is 8.41. The van der Waals surface area contributed by atoms with Crippen molar-refractivity contribution in [2.24, 2.45) is 12.8 Å². The van der Waals surface area contributed by atoms with E-state index >= 15 is 8.78 Å². The summed E-state index contributed by atoms with van der Waals surface area (Å²) in [5.74, 6) is -3.80. The summed E-state index contributed by atoms with van der Waals surface area (Å²) in [6, 6.07) is 6.69. The second-order valence-corrected chi connectivity index (χ2v) is 11.3. The predicted molar refractivity (Wildman–Crippen MR) is 166 cm³/mol. The van der Waals surface area contributed by atoms with E-state index in [9.17, 15) is 27.9 Å². The third-order valence-corrected chi connectivity index (χ3v) is 8.33. The van der Waals surface area contributed by atoms with E-state index < -0.39 is 52.5 Å². The van der Waals surface area contributed by atoms with Crippen LogP contribution in [0.5, 0.6) is 0 Å². The Morgan fingerprint density at radius 1 is 1.17 bits per heavy atom. The number of ether oxygens (including phenoxy) is 1. The number of ketones is 1. The lowest BCUT2D eigenvalue weighted by molar-refractivity contribution is -0.137. The molecule has 1 aliphatic rings. The first kappa shape index (κ1) is 33.0. The van der Waals surface area contributed by atoms with E-state index in [0.717, 1.165) is 24.3 Å². The summed E-state index contributed by atoms with van der Waals surface area (Å²) in [6.07, 6.45) is -2.53. The molecule has 5 aromatic rings. The van der Waals surface area contributed by atoms with Gasteiger partial charge in [-0.2, -0.15) is 13.2 Å². The number of carbonyl (C=O) groups excluding carboxylic acids is 2. The quantitative estimate of drug-likeness (QED) is 0.126. The smallest absolute Gasteiger partial charge is 0.377 e. The number of aromatic nitrogens is 3. The first-order valence-electron chi connectivity index (χ1n) is 14.6. The summed E-state index contributed by atoms with van der Waals surface area (Å²) in [5, 5.41) is 13.6. The average molecular weight is 669 g/mol. The first-order chi connectivity index (χ1) is 22.8. The lowest BCUT2D eigenvalue weighted by Crippen LogP contribution is -2.26. The van der Waals surface area contributed by atoms with Crippen LogP contribution in [0.3, 0.4) is 0 Å². The zero-order chi connectivity index (χ0) is 34.7. The fourth-order valence-electron chi connectivity index (χ4n) is 6.13. The minimum atomic E-state index is -4.81. The van der Waals surface area contributed by atoms with Gasteiger partial charge in [0.25, 0.3) is 0 Å². The fraction of sp³-hybridized carbons (Fsp3) is 0.242. The van der Waals surface area contributed by atoms with Crippen LogP contribution in [0.25, 0.3) is 27.7 Å². The molecule has 0 saturated carbocycles. The topological polar surface area (TPSA) is 127 Å². The molecule has 4 heterocycles. The fourth-order valence-corrected chi connectivity index (χ4v) is 6.13. The monoisotopic (exact) mass is 668 g/mol. The molecule has 0 fully saturated rings. The second-order valence-electron chi connectivity index (χ2n) is 11.3. The number of aliphatic hydroxyl groups excluding tert-OH is 1. The SMILES string of the molecule is COCc1nc2c3c(c(C(F)(F)F)cc2n1C)-c1cccn2c(C(=O)c4cc(F)c(NC(=O)/C=C/CN)c(F)c4)cc(c12)C(O)N(C)C3. The highest BCUT2D eigenvalue weighted by molar-refractivity contribution is 6.10. The number of hydrogen-bond acceptors (Lipinski definition) is 7. The van der Waals surface area contributed by atoms with E-state index in [2.05, 4.69) is 10.3 Å². The molecule has 0 spiro atoms. The van der Waals surface area contributed by atoms with Crippen molar-refractivity contribution >= 4 is 33.9 Å². The molecular weight excluding hydrogens is 639 g/mol. The van der Waals surface area contributed by atoms with Gasteiger partial charge in [-0.1, -0.05) is 12.1 Å². The minimum Gasteiger partial charge on any atom is -0.377 e. The Balaban J connectivity index is 1.58. The number of halogens is 5. The number of alkyl halides is 3. The lowest BCUT2D eigenvalue weighted by Gasteiger charge is -2.29. The van der Waals surface area contributed by atoms with Crippen molar-refractivity contribution in [3.05, 3.63) is 100 Å². The van der Waals surface area contributed by atoms with Crippen LogP contribution >= 0.6 is 0 Å². The number of hydrogen-bond donors (Lipinski definition) is 3. The zero-order valence-corrected chi connectivity index (χ0v) is 25.8. The Morgan fingerprint density at radius 3 is 2.52 bits per heavy atom. The number of nitrogens with one attached hydrogen (secondary N) is 1. The van der Waals surface area contributed by atoms with Gasteiger partial charge in [0.2, 0.25) is 11.7 Å². The number of methoxy groups -OCH3 is 1. The number of nitrogens with zero attached hydrogens (tertiary/aromatic N) is 4. The van der Waals surface area contributed by atoms with Crippen molar-refractivity contribution in [3.8, 4) is 11.1 Å². The van der Waals surface area contributed by atoms with Crippen molar-refractivity contribution in [2.75, 3.05) is 26.0 Å². The molecule has 4 N–H and O–H groups in total. The van der Waals surface area contributed by atoms with Crippen LogP contribution in [0.4, 0.5) is 27.6 Å². The summed E-state index contributed by atoms with van der Waals surface area (Å²) >= 11 is 0. The minimum absolute atomic E-state index is 0.0250. The molecule has 250 valence electrons. The normalized spacial score (nSPS) is 15.2. The number of aliphatic hydroxyl groups is 1. The van der Waals surface area contributed by atoms with E-state index in [4.69, 9.17) is 10.5 Å². The van der Waals surface area contributed by atoms with Crippen molar-refractivity contribution in [1.82, 2.24) is 18.9 Å². The average Bonchev–Trinajstić information content (AvgIpc) is 3.58. The van der Waals surface area contributed by atoms with E-state index in [-0.39, 0.29) is 64.2 Å². The Hall–Kier alpha value is -4.96. The van der Waals surface area contributed by atoms with Crippen LogP contribution in [0.15, 0.2) is 54.7 Å². The van der Waals surface area contributed by atoms with Gasteiger partial charge in [-0.25, -0.2) is 13.8 Å². The number of nitrogens with two attached hydrogens (primary N) is 1. The van der Waals surface area contributed by atoms with Gasteiger partial charge in [-0.3, -0.25) is 14.5 Å². The van der Waals surface area contributed by atoms with Crippen LogP contribution in [-0.2, 0) is 35.9 Å². The van der Waals surface area contributed by atoms with E-state index in [1.807, 2.05) is 0 Å². The van der Waals surface area contributed by atoms with E-state index in [1.54, 1.807) is 7.05 Å². The summed E-state index contributed by atoms with van der Waals surface area (Å²) in [6.45, 7) is -0.0832. The summed E-state index contributed by atoms with van der Waals surface area (Å²) in [5.41, 5.74) is 3.75. The van der Waals surface area contributed by atoms with Gasteiger partial charge in [0.15, 0.2) is 0 Å². The maximum absolute atomic E-state index is 15.0. The van der Waals surface area contributed by atoms with Crippen molar-refractivity contribution in [1.29, 1.82) is 0 Å². The number of fused-ring (bicyclic) bond motifs is 4. The largest absolute Gasteiger partial charge is 0.417 e. The molecule has 15 heteroatoms. The second kappa shape index (κ2) is 12.2. The number of aryl methyl sites for hydroxylation is 1. The van der Waals surface area contributed by atoms with Crippen LogP contribution in [0.2, 0.25) is 0 Å². The Bertz CT molecular complexity index is 2130. The van der Waals surface area contributed by atoms with Crippen LogP contribution in [-0.4, -0.2) is 56.4 Å². The van der Waals surface area contributed by atoms with Gasteiger partial charge < -0.3 is 29.9 Å². The molecule has 2 aromatic carbocycles. The Labute approximate surface area is 269 Å². The van der Waals surface area contributed by atoms with Crippen molar-refractivity contribution in [3.63, 3.8) is 0 Å². The molecule has 1 amide bonds. The molecule has 1 atom stereocenters. The van der Waals surface area contributed by atoms with Gasteiger partial charge in [0, 0.05) is 67.3 Å². The summed E-state index contributed by atoms with van der Waals surface area (Å²) < 4.78 is 82.7. The predicted octanol–water partition coefficient (Wildman–Crippen LogP) is 5.06. The molecule has 10 nitrogen and oxygen atoms in total. The van der Waals surface area contributed by atoms with Crippen LogP contribution in [0, 0.1) is 11.6 Å². The molecule has 1 unspecified atom stereocenters. The van der Waals surface area contributed by atoms with E-state index in [0.29, 0.717) is 5.82 Å². The number of imidazole rings is 1. The van der Waals surface area contributed by atoms with Gasteiger partial charge >= 0.3 is 6.18 Å². The highest BCUT2D eigenvalue weighted by Gasteiger charge is 2.39. The van der Waals surface area contributed by atoms with Gasteiger partial charge in [0.1, 0.15) is 36.0 Å². The number of rotatable bonds is 7. The number of pyridine rings is 1. The number of benzene rings is 2. The van der Waals surface area contributed by atoms with Crippen molar-refractivity contribution < 1.29 is 41.4 Å². The standard InChI is InChI=1S/C33H29F5N6O4/c1-42-14-19-27(20(33(36,37)38)13-23-28(19)40-25(15-48-3)43(23)2)17-6-5-9-44-24(12-18(30(17)44)32(42)47)31(46)16-10-21(34)29(22(35)11-16)41-26(45)7-4-8-39/h4-7,9-13,32,47H,8,14-15,39H2,1-3H3,(H,41,45)/b7-4+. The number of carbonyl (C=O) groups is 2. The maximum Gasteiger partial charge on any atom is 0.417 e. The zero-order valence-electron chi connectivity index (χ0n) is 25.8. The number of anilines is 1. The maximum atomic E-state index is 15.0. The highest BCUT2D eigenvalue weighted by Crippen LogP contribution is 2.47. The van der Waals surface area contributed by atoms with Gasteiger partial charge in [-0.05, 0) is 37.4 Å². The lowest BCUT2D eigenvalue weighted by atomic mass is 9.89. The van der Waals surface area contributed by atoms with E-state index in [1.165, 1.54) is 58.5 Å². The molecule has 0 bridgehead atoms. The van der Waals surface area contributed by atoms with Gasteiger partial charge in [0.05, 0.1) is 27.8 Å². The molecule has 1 aliphatic heterocycles. The Morgan fingerprint density at radius 2 is 1.88 bits per heavy atom. The number of amides is 1. The molecule has 0 radical (unpaired) electrons. The van der Waals surface area contributed by atoms with Gasteiger partial charge in [-0.15, -0.1) is 0 Å². The molecule has 0 saturated heterocycles.